The monoisotopic (exact) mass is 388 g/mol. The summed E-state index contributed by atoms with van der Waals surface area (Å²) in [5.74, 6) is 0.560. The number of anilines is 1. The first kappa shape index (κ1) is 19.9. The lowest BCUT2D eigenvalue weighted by molar-refractivity contribution is -0.0498. The molecule has 2 aromatic carbocycles. The van der Waals surface area contributed by atoms with Crippen molar-refractivity contribution in [2.45, 2.75) is 31.9 Å². The van der Waals surface area contributed by atoms with Gasteiger partial charge in [-0.25, -0.2) is 4.99 Å². The van der Waals surface area contributed by atoms with E-state index in [1.54, 1.807) is 12.1 Å². The number of aliphatic imine (C=N–C) groups is 1. The van der Waals surface area contributed by atoms with Crippen LogP contribution in [0.4, 0.5) is 14.5 Å². The van der Waals surface area contributed by atoms with E-state index in [0.29, 0.717) is 12.5 Å². The van der Waals surface area contributed by atoms with Crippen LogP contribution >= 0.6 is 0 Å². The van der Waals surface area contributed by atoms with Crippen molar-refractivity contribution in [3.63, 3.8) is 0 Å². The molecule has 3 N–H and O–H groups in total. The molecule has 5 nitrogen and oxygen atoms in total. The topological polar surface area (TPSA) is 62.9 Å². The van der Waals surface area contributed by atoms with E-state index in [2.05, 4.69) is 23.0 Å². The molecule has 0 aromatic heterocycles. The Morgan fingerprint density at radius 2 is 1.96 bits per heavy atom. The van der Waals surface area contributed by atoms with Gasteiger partial charge in [-0.3, -0.25) is 0 Å². The second-order valence-corrected chi connectivity index (χ2v) is 6.95. The normalized spacial score (nSPS) is 19.0. The van der Waals surface area contributed by atoms with Gasteiger partial charge in [-0.05, 0) is 41.8 Å². The molecule has 1 aliphatic rings. The quantitative estimate of drug-likeness (QED) is 0.671. The minimum Gasteiger partial charge on any atom is -0.435 e. The molecule has 1 atom stereocenters. The number of guanidine groups is 1. The Balaban J connectivity index is 1.97. The summed E-state index contributed by atoms with van der Waals surface area (Å²) in [7, 11) is 1.89. The Bertz CT molecular complexity index is 825. The summed E-state index contributed by atoms with van der Waals surface area (Å²) in [6.07, 6.45) is 2.21. The van der Waals surface area contributed by atoms with Crippen LogP contribution in [-0.2, 0) is 5.54 Å². The fraction of sp³-hybridized carbons (Fsp3) is 0.381. The molecular weight excluding hydrogens is 362 g/mol. The molecule has 0 saturated carbocycles. The van der Waals surface area contributed by atoms with Crippen LogP contribution in [0.3, 0.4) is 0 Å². The highest BCUT2D eigenvalue weighted by Crippen LogP contribution is 2.39. The number of nitrogens with zero attached hydrogens (tertiary/aromatic N) is 2. The van der Waals surface area contributed by atoms with Crippen LogP contribution in [0.2, 0.25) is 0 Å². The van der Waals surface area contributed by atoms with Gasteiger partial charge in [-0.15, -0.1) is 0 Å². The van der Waals surface area contributed by atoms with Crippen LogP contribution < -0.4 is 15.8 Å². The van der Waals surface area contributed by atoms with Crippen molar-refractivity contribution in [1.82, 2.24) is 4.90 Å². The van der Waals surface area contributed by atoms with Gasteiger partial charge in [0.2, 0.25) is 0 Å². The minimum absolute atomic E-state index is 0.118. The zero-order chi connectivity index (χ0) is 20.1. The lowest BCUT2D eigenvalue weighted by Crippen LogP contribution is -2.34. The highest BCUT2D eigenvalue weighted by Gasteiger charge is 2.40. The fourth-order valence-electron chi connectivity index (χ4n) is 3.43. The molecule has 0 bridgehead atoms. The molecule has 1 aliphatic heterocycles. The fourth-order valence-corrected chi connectivity index (χ4v) is 3.43. The highest BCUT2D eigenvalue weighted by molar-refractivity contribution is 5.81. The molecule has 150 valence electrons. The van der Waals surface area contributed by atoms with Gasteiger partial charge < -0.3 is 20.7 Å². The SMILES string of the molecule is CCCCNc1cccc(C2(c3ccc(OC(F)F)cc3)CN(C)C(N)=N2)c1. The van der Waals surface area contributed by atoms with Gasteiger partial charge in [-0.2, -0.15) is 8.78 Å². The zero-order valence-electron chi connectivity index (χ0n) is 16.2. The average molecular weight is 388 g/mol. The minimum atomic E-state index is -2.85. The number of rotatable bonds is 8. The number of benzene rings is 2. The average Bonchev–Trinajstić information content (AvgIpc) is 2.98. The van der Waals surface area contributed by atoms with Crippen LogP contribution in [0.15, 0.2) is 53.5 Å². The van der Waals surface area contributed by atoms with Crippen LogP contribution in [-0.4, -0.2) is 37.6 Å². The highest BCUT2D eigenvalue weighted by atomic mass is 19.3. The number of likely N-dealkylation sites (N-methyl/N-ethyl adjacent to an activating group) is 1. The largest absolute Gasteiger partial charge is 0.435 e. The Hall–Kier alpha value is -2.83. The number of alkyl halides is 2. The summed E-state index contributed by atoms with van der Waals surface area (Å²) >= 11 is 0. The van der Waals surface area contributed by atoms with Crippen molar-refractivity contribution in [2.24, 2.45) is 10.7 Å². The van der Waals surface area contributed by atoms with E-state index in [9.17, 15) is 8.78 Å². The molecular formula is C21H26F2N4O. The van der Waals surface area contributed by atoms with Crippen molar-refractivity contribution >= 4 is 11.6 Å². The molecule has 1 unspecified atom stereocenters. The van der Waals surface area contributed by atoms with Crippen molar-refractivity contribution in [1.29, 1.82) is 0 Å². The summed E-state index contributed by atoms with van der Waals surface area (Å²) in [5.41, 5.74) is 8.27. The molecule has 28 heavy (non-hydrogen) atoms. The van der Waals surface area contributed by atoms with Gasteiger partial charge in [0.25, 0.3) is 0 Å². The third-order valence-electron chi connectivity index (χ3n) is 4.92. The van der Waals surface area contributed by atoms with E-state index in [1.807, 2.05) is 30.1 Å². The van der Waals surface area contributed by atoms with Crippen molar-refractivity contribution in [3.05, 3.63) is 59.7 Å². The predicted molar refractivity (Wildman–Crippen MR) is 108 cm³/mol. The lowest BCUT2D eigenvalue weighted by atomic mass is 9.83. The summed E-state index contributed by atoms with van der Waals surface area (Å²) < 4.78 is 29.4. The Morgan fingerprint density at radius 1 is 1.21 bits per heavy atom. The molecule has 0 amide bonds. The number of halogens is 2. The molecule has 0 fully saturated rings. The molecule has 7 heteroatoms. The predicted octanol–water partition coefficient (Wildman–Crippen LogP) is 4.00. The third-order valence-corrected chi connectivity index (χ3v) is 4.92. The van der Waals surface area contributed by atoms with Gasteiger partial charge >= 0.3 is 6.61 Å². The number of hydrogen-bond acceptors (Lipinski definition) is 5. The number of unbranched alkanes of at least 4 members (excludes halogenated alkanes) is 1. The second kappa shape index (κ2) is 8.46. The molecule has 0 radical (unpaired) electrons. The maximum Gasteiger partial charge on any atom is 0.387 e. The van der Waals surface area contributed by atoms with Gasteiger partial charge in [0, 0.05) is 19.3 Å². The van der Waals surface area contributed by atoms with Gasteiger partial charge in [-0.1, -0.05) is 37.6 Å². The summed E-state index contributed by atoms with van der Waals surface area (Å²) in [6, 6.07) is 14.7. The van der Waals surface area contributed by atoms with E-state index in [0.717, 1.165) is 36.2 Å². The van der Waals surface area contributed by atoms with E-state index in [-0.39, 0.29) is 5.75 Å². The lowest BCUT2D eigenvalue weighted by Gasteiger charge is -2.28. The van der Waals surface area contributed by atoms with Gasteiger partial charge in [0.1, 0.15) is 11.3 Å². The number of nitrogens with two attached hydrogens (primary N) is 1. The van der Waals surface area contributed by atoms with Gasteiger partial charge in [0.15, 0.2) is 5.96 Å². The second-order valence-electron chi connectivity index (χ2n) is 6.95. The smallest absolute Gasteiger partial charge is 0.387 e. The number of nitrogens with one attached hydrogen (secondary N) is 1. The zero-order valence-corrected chi connectivity index (χ0v) is 16.2. The van der Waals surface area contributed by atoms with Crippen LogP contribution in [0.25, 0.3) is 0 Å². The molecule has 0 spiro atoms. The van der Waals surface area contributed by atoms with E-state index < -0.39 is 12.2 Å². The standard InChI is InChI=1S/C21H26F2N4O/c1-3-4-12-25-17-7-5-6-16(13-17)21(14-27(2)20(24)26-21)15-8-10-18(11-9-15)28-19(22)23/h5-11,13,19,25H,3-4,12,14H2,1-2H3,(H2,24,26). The summed E-state index contributed by atoms with van der Waals surface area (Å²) in [6.45, 7) is 0.766. The van der Waals surface area contributed by atoms with Crippen LogP contribution in [0.5, 0.6) is 5.75 Å². The van der Waals surface area contributed by atoms with Crippen molar-refractivity contribution < 1.29 is 13.5 Å². The Labute approximate surface area is 164 Å². The Morgan fingerprint density at radius 3 is 2.57 bits per heavy atom. The molecule has 0 saturated heterocycles. The van der Waals surface area contributed by atoms with E-state index in [4.69, 9.17) is 10.7 Å². The number of hydrogen-bond donors (Lipinski definition) is 2. The third kappa shape index (κ3) is 4.18. The molecule has 1 heterocycles. The molecule has 2 aromatic rings. The maximum absolute atomic E-state index is 12.5. The van der Waals surface area contributed by atoms with E-state index >= 15 is 0 Å². The number of ether oxygens (including phenoxy) is 1. The van der Waals surface area contributed by atoms with Gasteiger partial charge in [0.05, 0.1) is 6.54 Å². The Kier molecular flexibility index (Phi) is 6.02. The van der Waals surface area contributed by atoms with Crippen molar-refractivity contribution in [2.75, 3.05) is 25.5 Å². The molecule has 3 rings (SSSR count). The summed E-state index contributed by atoms with van der Waals surface area (Å²) in [5, 5.41) is 3.43. The first-order chi connectivity index (χ1) is 13.4. The van der Waals surface area contributed by atoms with Crippen molar-refractivity contribution in [3.8, 4) is 5.75 Å². The first-order valence-corrected chi connectivity index (χ1v) is 9.41. The van der Waals surface area contributed by atoms with Crippen LogP contribution in [0.1, 0.15) is 30.9 Å². The first-order valence-electron chi connectivity index (χ1n) is 9.41. The molecule has 0 aliphatic carbocycles. The van der Waals surface area contributed by atoms with E-state index in [1.165, 1.54) is 12.1 Å². The van der Waals surface area contributed by atoms with Crippen LogP contribution in [0, 0.1) is 0 Å². The maximum atomic E-state index is 12.5. The summed E-state index contributed by atoms with van der Waals surface area (Å²) in [4.78, 5) is 6.66.